The summed E-state index contributed by atoms with van der Waals surface area (Å²) in [6, 6.07) is 1.82. The molecule has 0 bridgehead atoms. The quantitative estimate of drug-likeness (QED) is 0.542. The molecular weight excluding hydrogens is 514 g/mol. The molecule has 1 aromatic heterocycles. The maximum atomic E-state index is 12.7. The molecule has 11 heteroatoms. The number of carbonyl (C=O) groups excluding carboxylic acids is 1. The van der Waals surface area contributed by atoms with Gasteiger partial charge in [-0.1, -0.05) is 11.6 Å². The van der Waals surface area contributed by atoms with Crippen molar-refractivity contribution in [3.63, 3.8) is 0 Å². The minimum atomic E-state index is -0.546. The zero-order chi connectivity index (χ0) is 23.3. The lowest BCUT2D eigenvalue weighted by Gasteiger charge is -2.41. The zero-order valence-corrected chi connectivity index (χ0v) is 21.3. The number of ether oxygens (including phenoxy) is 3. The Labute approximate surface area is 206 Å². The van der Waals surface area contributed by atoms with Crippen LogP contribution in [-0.4, -0.2) is 85.1 Å². The fraction of sp³-hybridized carbons (Fsp3) is 0.591. The third-order valence-electron chi connectivity index (χ3n) is 5.93. The first-order valence-corrected chi connectivity index (χ1v) is 12.3. The van der Waals surface area contributed by atoms with Crippen LogP contribution < -0.4 is 14.5 Å². The molecule has 5 rings (SSSR count). The lowest BCUT2D eigenvalue weighted by Crippen LogP contribution is -2.57. The van der Waals surface area contributed by atoms with Crippen LogP contribution in [0, 0.1) is 0 Å². The van der Waals surface area contributed by atoms with E-state index in [0.717, 1.165) is 34.3 Å². The topological polar surface area (TPSA) is 80.3 Å². The Balaban J connectivity index is 1.54. The fourth-order valence-electron chi connectivity index (χ4n) is 4.37. The van der Waals surface area contributed by atoms with Crippen LogP contribution in [0.4, 0.5) is 16.6 Å². The maximum Gasteiger partial charge on any atom is 0.410 e. The van der Waals surface area contributed by atoms with Crippen LogP contribution in [0.25, 0.3) is 10.9 Å². The lowest BCUT2D eigenvalue weighted by molar-refractivity contribution is 0.0202. The van der Waals surface area contributed by atoms with Crippen LogP contribution in [0.15, 0.2) is 10.5 Å². The monoisotopic (exact) mass is 539 g/mol. The number of hydrogen-bond acceptors (Lipinski definition) is 8. The fourth-order valence-corrected chi connectivity index (χ4v) is 4.97. The molecule has 1 atom stereocenters. The number of morpholine rings is 1. The van der Waals surface area contributed by atoms with Crippen LogP contribution in [0.1, 0.15) is 20.8 Å². The summed E-state index contributed by atoms with van der Waals surface area (Å²) < 4.78 is 18.0. The SMILES string of the molecule is CC(C)(C)OC(=O)N1CCN2c3nc(N4CCOCC4)nc4cc(Br)c(Cl)c(c34)OC[C@@H]2C1. The van der Waals surface area contributed by atoms with E-state index in [1.165, 1.54) is 0 Å². The minimum Gasteiger partial charge on any atom is -0.489 e. The Morgan fingerprint density at radius 1 is 1.21 bits per heavy atom. The van der Waals surface area contributed by atoms with Gasteiger partial charge in [-0.2, -0.15) is 4.98 Å². The summed E-state index contributed by atoms with van der Waals surface area (Å²) in [6.07, 6.45) is -0.313. The number of anilines is 2. The summed E-state index contributed by atoms with van der Waals surface area (Å²) in [6.45, 7) is 10.4. The van der Waals surface area contributed by atoms with Gasteiger partial charge in [0.25, 0.3) is 0 Å². The molecule has 0 N–H and O–H groups in total. The van der Waals surface area contributed by atoms with Crippen molar-refractivity contribution in [1.82, 2.24) is 14.9 Å². The Morgan fingerprint density at radius 2 is 1.97 bits per heavy atom. The van der Waals surface area contributed by atoms with Gasteiger partial charge in [0, 0.05) is 37.2 Å². The number of benzene rings is 1. The molecule has 0 aliphatic carbocycles. The van der Waals surface area contributed by atoms with Crippen molar-refractivity contribution in [3.05, 3.63) is 15.6 Å². The Hall–Kier alpha value is -2.04. The summed E-state index contributed by atoms with van der Waals surface area (Å²) in [7, 11) is 0. The number of nitrogens with zero attached hydrogens (tertiary/aromatic N) is 5. The summed E-state index contributed by atoms with van der Waals surface area (Å²) in [5.74, 6) is 2.02. The molecule has 178 valence electrons. The molecule has 3 aliphatic rings. The van der Waals surface area contributed by atoms with Gasteiger partial charge in [0.05, 0.1) is 35.2 Å². The van der Waals surface area contributed by atoms with Gasteiger partial charge in [-0.25, -0.2) is 9.78 Å². The molecule has 2 aromatic rings. The molecular formula is C22H27BrClN5O4. The van der Waals surface area contributed by atoms with Crippen molar-refractivity contribution in [2.45, 2.75) is 32.4 Å². The second kappa shape index (κ2) is 8.63. The number of piperazine rings is 1. The Kier molecular flexibility index (Phi) is 5.95. The lowest BCUT2D eigenvalue weighted by atomic mass is 10.1. The van der Waals surface area contributed by atoms with Crippen molar-refractivity contribution >= 4 is 56.3 Å². The van der Waals surface area contributed by atoms with E-state index >= 15 is 0 Å². The Bertz CT molecular complexity index is 1090. The highest BCUT2D eigenvalue weighted by Crippen LogP contribution is 2.45. The number of aromatic nitrogens is 2. The minimum absolute atomic E-state index is 0.0934. The van der Waals surface area contributed by atoms with E-state index in [0.29, 0.717) is 56.2 Å². The molecule has 0 saturated carbocycles. The van der Waals surface area contributed by atoms with Crippen molar-refractivity contribution in [1.29, 1.82) is 0 Å². The van der Waals surface area contributed by atoms with Gasteiger partial charge >= 0.3 is 6.09 Å². The normalized spacial score (nSPS) is 20.9. The largest absolute Gasteiger partial charge is 0.489 e. The predicted octanol–water partition coefficient (Wildman–Crippen LogP) is 3.70. The van der Waals surface area contributed by atoms with Gasteiger partial charge in [-0.15, -0.1) is 0 Å². The third kappa shape index (κ3) is 4.40. The van der Waals surface area contributed by atoms with Gasteiger partial charge in [0.15, 0.2) is 5.75 Å². The van der Waals surface area contributed by atoms with Gasteiger partial charge in [-0.3, -0.25) is 0 Å². The smallest absolute Gasteiger partial charge is 0.410 e. The number of fused-ring (bicyclic) bond motifs is 2. The first-order valence-electron chi connectivity index (χ1n) is 11.1. The van der Waals surface area contributed by atoms with Crippen LogP contribution >= 0.6 is 27.5 Å². The maximum absolute atomic E-state index is 12.7. The van der Waals surface area contributed by atoms with Crippen LogP contribution in [0.2, 0.25) is 5.02 Å². The average Bonchev–Trinajstić information content (AvgIpc) is 2.94. The number of amides is 1. The molecule has 2 saturated heterocycles. The molecule has 1 amide bonds. The standard InChI is InChI=1S/C22H27BrClN5O4/c1-22(2,3)33-21(30)28-4-5-29-13(11-28)12-32-18-16-15(10-14(23)17(18)24)25-20(26-19(16)29)27-6-8-31-9-7-27/h10,13H,4-9,11-12H2,1-3H3/t13-/m0/s1. The van der Waals surface area contributed by atoms with Crippen molar-refractivity contribution in [2.75, 3.05) is 62.3 Å². The molecule has 0 unspecified atom stereocenters. The summed E-state index contributed by atoms with van der Waals surface area (Å²) >= 11 is 10.2. The predicted molar refractivity (Wildman–Crippen MR) is 130 cm³/mol. The van der Waals surface area contributed by atoms with Gasteiger partial charge in [-0.05, 0) is 42.8 Å². The van der Waals surface area contributed by atoms with Crippen molar-refractivity contribution in [2.24, 2.45) is 0 Å². The van der Waals surface area contributed by atoms with E-state index in [1.54, 1.807) is 4.90 Å². The van der Waals surface area contributed by atoms with E-state index < -0.39 is 5.60 Å². The number of hydrogen-bond donors (Lipinski definition) is 0. The molecule has 0 radical (unpaired) electrons. The molecule has 2 fully saturated rings. The third-order valence-corrected chi connectivity index (χ3v) is 7.16. The Morgan fingerprint density at radius 3 is 2.70 bits per heavy atom. The molecule has 9 nitrogen and oxygen atoms in total. The van der Waals surface area contributed by atoms with Crippen molar-refractivity contribution < 1.29 is 19.0 Å². The van der Waals surface area contributed by atoms with Crippen LogP contribution in [-0.2, 0) is 9.47 Å². The molecule has 3 aliphatic heterocycles. The molecule has 0 spiro atoms. The van der Waals surface area contributed by atoms with E-state index in [9.17, 15) is 4.79 Å². The summed E-state index contributed by atoms with van der Waals surface area (Å²) in [5, 5.41) is 1.30. The molecule has 1 aromatic carbocycles. The first-order chi connectivity index (χ1) is 15.7. The van der Waals surface area contributed by atoms with Gasteiger partial charge in [0.1, 0.15) is 18.0 Å². The summed E-state index contributed by atoms with van der Waals surface area (Å²) in [4.78, 5) is 28.7. The van der Waals surface area contributed by atoms with Crippen molar-refractivity contribution in [3.8, 4) is 5.75 Å². The highest BCUT2D eigenvalue weighted by molar-refractivity contribution is 9.10. The number of rotatable bonds is 1. The average molecular weight is 541 g/mol. The van der Waals surface area contributed by atoms with E-state index in [4.69, 9.17) is 35.8 Å². The second-order valence-corrected chi connectivity index (χ2v) is 10.7. The number of halogens is 2. The number of carbonyl (C=O) groups is 1. The first kappa shape index (κ1) is 22.7. The van der Waals surface area contributed by atoms with Crippen LogP contribution in [0.5, 0.6) is 5.75 Å². The van der Waals surface area contributed by atoms with Gasteiger partial charge in [0.2, 0.25) is 5.95 Å². The summed E-state index contributed by atoms with van der Waals surface area (Å²) in [5.41, 5.74) is 0.221. The molecule has 4 heterocycles. The molecule has 33 heavy (non-hydrogen) atoms. The second-order valence-electron chi connectivity index (χ2n) is 9.43. The van der Waals surface area contributed by atoms with E-state index in [2.05, 4.69) is 25.7 Å². The highest BCUT2D eigenvalue weighted by atomic mass is 79.9. The van der Waals surface area contributed by atoms with Gasteiger partial charge < -0.3 is 28.9 Å². The zero-order valence-electron chi connectivity index (χ0n) is 18.9. The highest BCUT2D eigenvalue weighted by Gasteiger charge is 2.37. The van der Waals surface area contributed by atoms with Crippen LogP contribution in [0.3, 0.4) is 0 Å². The van der Waals surface area contributed by atoms with E-state index in [-0.39, 0.29) is 12.1 Å². The van der Waals surface area contributed by atoms with E-state index in [1.807, 2.05) is 26.8 Å².